The highest BCUT2D eigenvalue weighted by molar-refractivity contribution is 5.85. The van der Waals surface area contributed by atoms with Gasteiger partial charge in [0, 0.05) is 13.1 Å². The third-order valence-corrected chi connectivity index (χ3v) is 3.82. The number of amides is 1. The van der Waals surface area contributed by atoms with E-state index < -0.39 is 6.04 Å². The highest BCUT2D eigenvalue weighted by Gasteiger charge is 2.22. The van der Waals surface area contributed by atoms with Gasteiger partial charge in [0.05, 0.1) is 0 Å². The standard InChI is InChI=1S/C15H23N3O.2ClH/c1-2-18-9-8-12(11-18)10-17-15(19)14(16)13-6-4-3-5-7-13;;/h3-7,12,14H,2,8-11,16H2,1H3,(H,17,19);2*1H. The Morgan fingerprint density at radius 2 is 2.05 bits per heavy atom. The van der Waals surface area contributed by atoms with E-state index in [1.807, 2.05) is 30.3 Å². The van der Waals surface area contributed by atoms with Crippen LogP contribution in [0.2, 0.25) is 0 Å². The minimum absolute atomic E-state index is 0. The molecule has 1 heterocycles. The predicted molar refractivity (Wildman–Crippen MR) is 91.1 cm³/mol. The normalized spacial score (nSPS) is 19.2. The lowest BCUT2D eigenvalue weighted by molar-refractivity contribution is -0.122. The van der Waals surface area contributed by atoms with Crippen LogP contribution in [0.3, 0.4) is 0 Å². The van der Waals surface area contributed by atoms with E-state index in [1.54, 1.807) is 0 Å². The SMILES string of the molecule is CCN1CCC(CNC(=O)C(N)c2ccccc2)C1.Cl.Cl. The molecule has 120 valence electrons. The fourth-order valence-electron chi connectivity index (χ4n) is 2.53. The van der Waals surface area contributed by atoms with E-state index in [9.17, 15) is 4.79 Å². The molecule has 21 heavy (non-hydrogen) atoms. The molecule has 1 saturated heterocycles. The van der Waals surface area contributed by atoms with E-state index >= 15 is 0 Å². The summed E-state index contributed by atoms with van der Waals surface area (Å²) in [6.45, 7) is 6.22. The van der Waals surface area contributed by atoms with E-state index in [2.05, 4.69) is 17.1 Å². The first-order chi connectivity index (χ1) is 9.20. The Balaban J connectivity index is 0.00000200. The maximum absolute atomic E-state index is 12.0. The van der Waals surface area contributed by atoms with Crippen molar-refractivity contribution in [3.63, 3.8) is 0 Å². The summed E-state index contributed by atoms with van der Waals surface area (Å²) in [6, 6.07) is 8.94. The number of nitrogens with one attached hydrogen (secondary N) is 1. The fraction of sp³-hybridized carbons (Fsp3) is 0.533. The fourth-order valence-corrected chi connectivity index (χ4v) is 2.53. The molecule has 0 saturated carbocycles. The van der Waals surface area contributed by atoms with Gasteiger partial charge in [-0.15, -0.1) is 24.8 Å². The lowest BCUT2D eigenvalue weighted by Gasteiger charge is -2.16. The number of halogens is 2. The smallest absolute Gasteiger partial charge is 0.241 e. The van der Waals surface area contributed by atoms with Gasteiger partial charge < -0.3 is 16.0 Å². The van der Waals surface area contributed by atoms with Crippen molar-refractivity contribution in [2.45, 2.75) is 19.4 Å². The number of hydrogen-bond donors (Lipinski definition) is 2. The van der Waals surface area contributed by atoms with Gasteiger partial charge >= 0.3 is 0 Å². The molecular formula is C15H25Cl2N3O. The minimum atomic E-state index is -0.565. The van der Waals surface area contributed by atoms with Crippen molar-refractivity contribution in [2.75, 3.05) is 26.2 Å². The van der Waals surface area contributed by atoms with Crippen LogP contribution in [0.15, 0.2) is 30.3 Å². The molecule has 0 bridgehead atoms. The summed E-state index contributed by atoms with van der Waals surface area (Å²) >= 11 is 0. The third kappa shape index (κ3) is 5.83. The van der Waals surface area contributed by atoms with Crippen molar-refractivity contribution in [3.8, 4) is 0 Å². The zero-order valence-electron chi connectivity index (χ0n) is 12.3. The maximum atomic E-state index is 12.0. The van der Waals surface area contributed by atoms with E-state index in [0.29, 0.717) is 5.92 Å². The lowest BCUT2D eigenvalue weighted by atomic mass is 10.1. The number of hydrogen-bond acceptors (Lipinski definition) is 3. The van der Waals surface area contributed by atoms with E-state index in [0.717, 1.165) is 38.2 Å². The number of nitrogens with two attached hydrogens (primary N) is 1. The van der Waals surface area contributed by atoms with Crippen LogP contribution in [0.5, 0.6) is 0 Å². The number of carbonyl (C=O) groups excluding carboxylic acids is 1. The molecule has 0 radical (unpaired) electrons. The van der Waals surface area contributed by atoms with Crippen LogP contribution in [0.1, 0.15) is 24.9 Å². The van der Waals surface area contributed by atoms with E-state index in [-0.39, 0.29) is 30.7 Å². The van der Waals surface area contributed by atoms with Gasteiger partial charge in [-0.1, -0.05) is 37.3 Å². The summed E-state index contributed by atoms with van der Waals surface area (Å²) in [5.41, 5.74) is 6.82. The van der Waals surface area contributed by atoms with Gasteiger partial charge in [-0.25, -0.2) is 0 Å². The Morgan fingerprint density at radius 3 is 2.62 bits per heavy atom. The lowest BCUT2D eigenvalue weighted by Crippen LogP contribution is -2.37. The van der Waals surface area contributed by atoms with E-state index in [1.165, 1.54) is 0 Å². The second kappa shape index (κ2) is 10.0. The Bertz CT molecular complexity index is 417. The first kappa shape index (κ1) is 20.2. The molecule has 4 nitrogen and oxygen atoms in total. The number of carbonyl (C=O) groups is 1. The topological polar surface area (TPSA) is 58.4 Å². The molecule has 1 aromatic carbocycles. The summed E-state index contributed by atoms with van der Waals surface area (Å²) < 4.78 is 0. The third-order valence-electron chi connectivity index (χ3n) is 3.82. The van der Waals surface area contributed by atoms with Gasteiger partial charge in [-0.3, -0.25) is 4.79 Å². The van der Waals surface area contributed by atoms with Crippen molar-refractivity contribution >= 4 is 30.7 Å². The summed E-state index contributed by atoms with van der Waals surface area (Å²) in [6.07, 6.45) is 1.16. The Hall–Kier alpha value is -0.810. The minimum Gasteiger partial charge on any atom is -0.354 e. The van der Waals surface area contributed by atoms with Crippen LogP contribution >= 0.6 is 24.8 Å². The molecular weight excluding hydrogens is 309 g/mol. The van der Waals surface area contributed by atoms with Crippen molar-refractivity contribution < 1.29 is 4.79 Å². The van der Waals surface area contributed by atoms with Crippen LogP contribution in [-0.2, 0) is 4.79 Å². The molecule has 1 amide bonds. The molecule has 0 spiro atoms. The summed E-state index contributed by atoms with van der Waals surface area (Å²) in [5, 5.41) is 2.98. The first-order valence-corrected chi connectivity index (χ1v) is 7.01. The Kier molecular flexibility index (Phi) is 9.62. The van der Waals surface area contributed by atoms with Crippen LogP contribution in [0.4, 0.5) is 0 Å². The van der Waals surface area contributed by atoms with Crippen molar-refractivity contribution in [1.29, 1.82) is 0 Å². The molecule has 3 N–H and O–H groups in total. The van der Waals surface area contributed by atoms with Crippen LogP contribution in [0, 0.1) is 5.92 Å². The molecule has 1 aliphatic rings. The zero-order chi connectivity index (χ0) is 13.7. The summed E-state index contributed by atoms with van der Waals surface area (Å²) in [7, 11) is 0. The molecule has 2 rings (SSSR count). The maximum Gasteiger partial charge on any atom is 0.241 e. The van der Waals surface area contributed by atoms with E-state index in [4.69, 9.17) is 5.73 Å². The number of likely N-dealkylation sites (tertiary alicyclic amines) is 1. The quantitative estimate of drug-likeness (QED) is 0.866. The molecule has 2 unspecified atom stereocenters. The predicted octanol–water partition coefficient (Wildman–Crippen LogP) is 1.99. The van der Waals surface area contributed by atoms with Crippen LogP contribution < -0.4 is 11.1 Å². The van der Waals surface area contributed by atoms with Gasteiger partial charge in [0.2, 0.25) is 5.91 Å². The molecule has 0 aromatic heterocycles. The molecule has 1 aliphatic heterocycles. The van der Waals surface area contributed by atoms with Gasteiger partial charge in [0.1, 0.15) is 6.04 Å². The number of rotatable bonds is 5. The molecule has 2 atom stereocenters. The van der Waals surface area contributed by atoms with Crippen molar-refractivity contribution in [1.82, 2.24) is 10.2 Å². The average Bonchev–Trinajstić information content (AvgIpc) is 2.93. The number of benzene rings is 1. The van der Waals surface area contributed by atoms with Crippen LogP contribution in [0.25, 0.3) is 0 Å². The zero-order valence-corrected chi connectivity index (χ0v) is 14.0. The monoisotopic (exact) mass is 333 g/mol. The van der Waals surface area contributed by atoms with Crippen molar-refractivity contribution in [2.24, 2.45) is 11.7 Å². The Labute approximate surface area is 139 Å². The summed E-state index contributed by atoms with van der Waals surface area (Å²) in [4.78, 5) is 14.4. The second-order valence-electron chi connectivity index (χ2n) is 5.18. The number of nitrogens with zero attached hydrogens (tertiary/aromatic N) is 1. The van der Waals surface area contributed by atoms with Gasteiger partial charge in [0.15, 0.2) is 0 Å². The van der Waals surface area contributed by atoms with Gasteiger partial charge in [0.25, 0.3) is 0 Å². The molecule has 6 heteroatoms. The first-order valence-electron chi connectivity index (χ1n) is 7.01. The second-order valence-corrected chi connectivity index (χ2v) is 5.18. The van der Waals surface area contributed by atoms with Gasteiger partial charge in [-0.2, -0.15) is 0 Å². The van der Waals surface area contributed by atoms with Crippen molar-refractivity contribution in [3.05, 3.63) is 35.9 Å². The van der Waals surface area contributed by atoms with Crippen LogP contribution in [-0.4, -0.2) is 37.0 Å². The van der Waals surface area contributed by atoms with Gasteiger partial charge in [-0.05, 0) is 31.0 Å². The largest absolute Gasteiger partial charge is 0.354 e. The highest BCUT2D eigenvalue weighted by atomic mass is 35.5. The average molecular weight is 334 g/mol. The highest BCUT2D eigenvalue weighted by Crippen LogP contribution is 2.15. The molecule has 1 fully saturated rings. The Morgan fingerprint density at radius 1 is 1.38 bits per heavy atom. The molecule has 1 aromatic rings. The molecule has 0 aliphatic carbocycles. The summed E-state index contributed by atoms with van der Waals surface area (Å²) in [5.74, 6) is 0.480.